The van der Waals surface area contributed by atoms with E-state index in [1.807, 2.05) is 0 Å². The number of thioether (sulfide) groups is 1. The standard InChI is InChI=1S/C11H12ClFN2O2S2/c1-2-4-18-5-3-15-19(16,17)10-7-8(12)6-9(14)11(10)13/h1,6-7,15H,3-5,14H2. The normalized spacial score (nSPS) is 11.2. The van der Waals surface area contributed by atoms with Crippen LogP contribution in [0.15, 0.2) is 17.0 Å². The number of hydrogen-bond acceptors (Lipinski definition) is 4. The first-order valence-corrected chi connectivity index (χ1v) is 8.15. The first-order valence-electron chi connectivity index (χ1n) is 5.14. The molecule has 0 aliphatic rings. The Hall–Kier alpha value is -0.940. The van der Waals surface area contributed by atoms with Crippen molar-refractivity contribution in [3.8, 4) is 12.3 Å². The van der Waals surface area contributed by atoms with Crippen molar-refractivity contribution in [1.82, 2.24) is 4.72 Å². The van der Waals surface area contributed by atoms with Crippen molar-refractivity contribution in [2.75, 3.05) is 23.8 Å². The van der Waals surface area contributed by atoms with Gasteiger partial charge in [0.25, 0.3) is 0 Å². The summed E-state index contributed by atoms with van der Waals surface area (Å²) in [6, 6.07) is 2.17. The average Bonchev–Trinajstić information content (AvgIpc) is 2.33. The van der Waals surface area contributed by atoms with Crippen molar-refractivity contribution >= 4 is 39.1 Å². The molecule has 8 heteroatoms. The van der Waals surface area contributed by atoms with Crippen LogP contribution in [0.4, 0.5) is 10.1 Å². The topological polar surface area (TPSA) is 72.2 Å². The number of benzene rings is 1. The molecule has 3 N–H and O–H groups in total. The third-order valence-electron chi connectivity index (χ3n) is 2.05. The Morgan fingerprint density at radius 1 is 1.53 bits per heavy atom. The van der Waals surface area contributed by atoms with E-state index in [0.717, 1.165) is 12.1 Å². The highest BCUT2D eigenvalue weighted by Crippen LogP contribution is 2.24. The number of nitrogens with one attached hydrogen (secondary N) is 1. The lowest BCUT2D eigenvalue weighted by Crippen LogP contribution is -2.27. The summed E-state index contributed by atoms with van der Waals surface area (Å²) >= 11 is 7.06. The van der Waals surface area contributed by atoms with Gasteiger partial charge in [0.05, 0.1) is 11.4 Å². The highest BCUT2D eigenvalue weighted by molar-refractivity contribution is 7.99. The van der Waals surface area contributed by atoms with E-state index in [9.17, 15) is 12.8 Å². The van der Waals surface area contributed by atoms with Gasteiger partial charge in [0.15, 0.2) is 5.82 Å². The minimum atomic E-state index is -3.98. The van der Waals surface area contributed by atoms with E-state index in [2.05, 4.69) is 10.6 Å². The highest BCUT2D eigenvalue weighted by Gasteiger charge is 2.21. The van der Waals surface area contributed by atoms with Crippen LogP contribution < -0.4 is 10.5 Å². The number of nitrogens with two attached hydrogens (primary N) is 1. The van der Waals surface area contributed by atoms with Crippen LogP contribution in [0.1, 0.15) is 0 Å². The molecule has 4 nitrogen and oxygen atoms in total. The fraction of sp³-hybridized carbons (Fsp3) is 0.273. The Kier molecular flexibility index (Phi) is 5.94. The van der Waals surface area contributed by atoms with Crippen molar-refractivity contribution < 1.29 is 12.8 Å². The third kappa shape index (κ3) is 4.58. The Morgan fingerprint density at radius 2 is 2.21 bits per heavy atom. The number of nitrogen functional groups attached to an aromatic ring is 1. The van der Waals surface area contributed by atoms with Gasteiger partial charge in [0, 0.05) is 17.3 Å². The Morgan fingerprint density at radius 3 is 2.84 bits per heavy atom. The number of sulfonamides is 1. The predicted octanol–water partition coefficient (Wildman–Crippen LogP) is 1.71. The molecule has 1 aromatic carbocycles. The van der Waals surface area contributed by atoms with Crippen LogP contribution in [-0.2, 0) is 10.0 Å². The zero-order valence-electron chi connectivity index (χ0n) is 9.82. The molecule has 104 valence electrons. The number of anilines is 1. The Labute approximate surface area is 120 Å². The van der Waals surface area contributed by atoms with Crippen LogP contribution >= 0.6 is 23.4 Å². The third-order valence-corrected chi connectivity index (χ3v) is 4.59. The fourth-order valence-corrected chi connectivity index (χ4v) is 3.33. The van der Waals surface area contributed by atoms with Crippen molar-refractivity contribution in [3.05, 3.63) is 23.0 Å². The molecule has 0 amide bonds. The van der Waals surface area contributed by atoms with Gasteiger partial charge in [0.1, 0.15) is 4.90 Å². The van der Waals surface area contributed by atoms with Gasteiger partial charge >= 0.3 is 0 Å². The lowest BCUT2D eigenvalue weighted by molar-refractivity contribution is 0.561. The molecule has 0 aromatic heterocycles. The largest absolute Gasteiger partial charge is 0.396 e. The maximum absolute atomic E-state index is 13.7. The summed E-state index contributed by atoms with van der Waals surface area (Å²) in [5, 5.41) is 0.0565. The molecule has 0 fully saturated rings. The quantitative estimate of drug-likeness (QED) is 0.475. The molecule has 19 heavy (non-hydrogen) atoms. The van der Waals surface area contributed by atoms with E-state index in [-0.39, 0.29) is 17.3 Å². The predicted molar refractivity (Wildman–Crippen MR) is 77.2 cm³/mol. The lowest BCUT2D eigenvalue weighted by Gasteiger charge is -2.09. The zero-order chi connectivity index (χ0) is 14.5. The smallest absolute Gasteiger partial charge is 0.243 e. The number of rotatable bonds is 6. The summed E-state index contributed by atoms with van der Waals surface area (Å²) in [5.41, 5.74) is 5.02. The van der Waals surface area contributed by atoms with Crippen molar-refractivity contribution in [2.24, 2.45) is 0 Å². The van der Waals surface area contributed by atoms with E-state index >= 15 is 0 Å². The summed E-state index contributed by atoms with van der Waals surface area (Å²) in [6.45, 7) is 0.139. The molecule has 0 aliphatic carbocycles. The van der Waals surface area contributed by atoms with Crippen LogP contribution in [-0.4, -0.2) is 26.5 Å². The first-order chi connectivity index (χ1) is 8.88. The summed E-state index contributed by atoms with van der Waals surface area (Å²) in [6.07, 6.45) is 5.05. The van der Waals surface area contributed by atoms with Crippen LogP contribution in [0, 0.1) is 18.2 Å². The minimum absolute atomic E-state index is 0.0565. The second kappa shape index (κ2) is 7.01. The summed E-state index contributed by atoms with van der Waals surface area (Å²) < 4.78 is 39.7. The van der Waals surface area contributed by atoms with E-state index < -0.39 is 20.7 Å². The Balaban J connectivity index is 2.81. The fourth-order valence-electron chi connectivity index (χ4n) is 1.24. The number of halogens is 2. The molecular weight excluding hydrogens is 311 g/mol. The molecule has 0 heterocycles. The maximum Gasteiger partial charge on any atom is 0.243 e. The maximum atomic E-state index is 13.7. The molecule has 0 bridgehead atoms. The van der Waals surface area contributed by atoms with Gasteiger partial charge in [-0.2, -0.15) is 0 Å². The van der Waals surface area contributed by atoms with Crippen LogP contribution in [0.5, 0.6) is 0 Å². The van der Waals surface area contributed by atoms with Gasteiger partial charge in [-0.15, -0.1) is 18.2 Å². The Bertz CT molecular complexity index is 599. The molecule has 1 rings (SSSR count). The second-order valence-electron chi connectivity index (χ2n) is 3.46. The summed E-state index contributed by atoms with van der Waals surface area (Å²) in [7, 11) is -3.98. The minimum Gasteiger partial charge on any atom is -0.396 e. The molecule has 0 saturated heterocycles. The number of terminal acetylenes is 1. The van der Waals surface area contributed by atoms with E-state index in [4.69, 9.17) is 23.8 Å². The van der Waals surface area contributed by atoms with Gasteiger partial charge in [-0.3, -0.25) is 0 Å². The van der Waals surface area contributed by atoms with Gasteiger partial charge in [-0.1, -0.05) is 17.5 Å². The van der Waals surface area contributed by atoms with E-state index in [1.54, 1.807) is 0 Å². The first kappa shape index (κ1) is 16.1. The molecule has 0 atom stereocenters. The molecule has 0 unspecified atom stereocenters. The molecule has 0 saturated carbocycles. The van der Waals surface area contributed by atoms with Gasteiger partial charge < -0.3 is 5.73 Å². The summed E-state index contributed by atoms with van der Waals surface area (Å²) in [5.74, 6) is 2.38. The average molecular weight is 323 g/mol. The molecule has 0 aliphatic heterocycles. The van der Waals surface area contributed by atoms with Gasteiger partial charge in [-0.05, 0) is 12.1 Å². The van der Waals surface area contributed by atoms with Crippen molar-refractivity contribution in [2.45, 2.75) is 4.90 Å². The number of hydrogen-bond donors (Lipinski definition) is 2. The highest BCUT2D eigenvalue weighted by atomic mass is 35.5. The summed E-state index contributed by atoms with van der Waals surface area (Å²) in [4.78, 5) is -0.556. The zero-order valence-corrected chi connectivity index (χ0v) is 12.2. The molecule has 0 radical (unpaired) electrons. The second-order valence-corrected chi connectivity index (χ2v) is 6.74. The van der Waals surface area contributed by atoms with Crippen LogP contribution in [0.3, 0.4) is 0 Å². The van der Waals surface area contributed by atoms with Crippen LogP contribution in [0.25, 0.3) is 0 Å². The van der Waals surface area contributed by atoms with Gasteiger partial charge in [-0.25, -0.2) is 17.5 Å². The lowest BCUT2D eigenvalue weighted by atomic mass is 10.3. The molecule has 1 aromatic rings. The van der Waals surface area contributed by atoms with Crippen LogP contribution in [0.2, 0.25) is 5.02 Å². The van der Waals surface area contributed by atoms with Crippen molar-refractivity contribution in [3.63, 3.8) is 0 Å². The van der Waals surface area contributed by atoms with E-state index in [0.29, 0.717) is 11.5 Å². The molecular formula is C11H12ClFN2O2S2. The van der Waals surface area contributed by atoms with Crippen molar-refractivity contribution in [1.29, 1.82) is 0 Å². The monoisotopic (exact) mass is 322 g/mol. The molecule has 0 spiro atoms. The van der Waals surface area contributed by atoms with E-state index in [1.165, 1.54) is 11.8 Å². The van der Waals surface area contributed by atoms with Gasteiger partial charge in [0.2, 0.25) is 10.0 Å². The SMILES string of the molecule is C#CCSCCNS(=O)(=O)c1cc(Cl)cc(N)c1F.